The second kappa shape index (κ2) is 5.61. The molecule has 1 saturated carbocycles. The van der Waals surface area contributed by atoms with Crippen LogP contribution in [-0.2, 0) is 4.79 Å². The van der Waals surface area contributed by atoms with Crippen LogP contribution in [0, 0.1) is 6.92 Å². The summed E-state index contributed by atoms with van der Waals surface area (Å²) in [5.74, 6) is -0.195. The van der Waals surface area contributed by atoms with Gasteiger partial charge in [0.05, 0.1) is 17.7 Å². The molecule has 1 aliphatic rings. The van der Waals surface area contributed by atoms with Crippen LogP contribution in [0.5, 0.6) is 5.75 Å². The molecule has 104 valence electrons. The van der Waals surface area contributed by atoms with Gasteiger partial charge in [-0.05, 0) is 37.5 Å². The zero-order valence-electron chi connectivity index (χ0n) is 11.3. The Morgan fingerprint density at radius 1 is 1.32 bits per heavy atom. The number of rotatable bonds is 3. The maximum Gasteiger partial charge on any atom is 0.227 e. The quantitative estimate of drug-likeness (QED) is 0.734. The SMILES string of the molecule is Cc1ccc(O)c(NC(=O)CC2(O)CCCCC2)c1. The van der Waals surface area contributed by atoms with Crippen LogP contribution in [0.25, 0.3) is 0 Å². The third-order valence-electron chi connectivity index (χ3n) is 3.70. The Labute approximate surface area is 113 Å². The normalized spacial score (nSPS) is 18.0. The first kappa shape index (κ1) is 13.9. The standard InChI is InChI=1S/C15H21NO3/c1-11-5-6-13(17)12(9-11)16-14(18)10-15(19)7-3-2-4-8-15/h5-6,9,17,19H,2-4,7-8,10H2,1H3,(H,16,18). The van der Waals surface area contributed by atoms with E-state index in [1.807, 2.05) is 6.92 Å². The minimum Gasteiger partial charge on any atom is -0.506 e. The van der Waals surface area contributed by atoms with Crippen molar-refractivity contribution in [3.63, 3.8) is 0 Å². The molecule has 4 nitrogen and oxygen atoms in total. The van der Waals surface area contributed by atoms with Crippen LogP contribution in [0.15, 0.2) is 18.2 Å². The van der Waals surface area contributed by atoms with Crippen molar-refractivity contribution in [1.29, 1.82) is 0 Å². The van der Waals surface area contributed by atoms with Gasteiger partial charge in [0.15, 0.2) is 0 Å². The van der Waals surface area contributed by atoms with Gasteiger partial charge in [0.25, 0.3) is 0 Å². The molecule has 0 bridgehead atoms. The molecule has 0 radical (unpaired) electrons. The molecule has 2 rings (SSSR count). The van der Waals surface area contributed by atoms with Crippen molar-refractivity contribution in [2.45, 2.75) is 51.0 Å². The van der Waals surface area contributed by atoms with E-state index < -0.39 is 5.60 Å². The predicted molar refractivity (Wildman–Crippen MR) is 74.1 cm³/mol. The van der Waals surface area contributed by atoms with Crippen molar-refractivity contribution in [2.75, 3.05) is 5.32 Å². The second-order valence-corrected chi connectivity index (χ2v) is 5.53. The number of phenolic OH excluding ortho intramolecular Hbond substituents is 1. The number of carbonyl (C=O) groups is 1. The minimum absolute atomic E-state index is 0.0505. The lowest BCUT2D eigenvalue weighted by Gasteiger charge is -2.31. The number of benzene rings is 1. The molecule has 1 aromatic carbocycles. The Bertz CT molecular complexity index is 464. The molecule has 0 atom stereocenters. The van der Waals surface area contributed by atoms with E-state index in [0.29, 0.717) is 18.5 Å². The number of aliphatic hydroxyl groups is 1. The van der Waals surface area contributed by atoms with Gasteiger partial charge in [0.2, 0.25) is 5.91 Å². The number of aromatic hydroxyl groups is 1. The van der Waals surface area contributed by atoms with Gasteiger partial charge in [-0.2, -0.15) is 0 Å². The van der Waals surface area contributed by atoms with Gasteiger partial charge in [-0.3, -0.25) is 4.79 Å². The van der Waals surface area contributed by atoms with Crippen molar-refractivity contribution in [2.24, 2.45) is 0 Å². The number of anilines is 1. The van der Waals surface area contributed by atoms with Crippen LogP contribution in [0.3, 0.4) is 0 Å². The molecule has 1 aliphatic carbocycles. The molecule has 1 aromatic rings. The second-order valence-electron chi connectivity index (χ2n) is 5.53. The van der Waals surface area contributed by atoms with Crippen molar-refractivity contribution >= 4 is 11.6 Å². The number of aryl methyl sites for hydroxylation is 1. The highest BCUT2D eigenvalue weighted by Gasteiger charge is 2.31. The summed E-state index contributed by atoms with van der Waals surface area (Å²) >= 11 is 0. The summed E-state index contributed by atoms with van der Waals surface area (Å²) in [5, 5.41) is 22.7. The Kier molecular flexibility index (Phi) is 4.10. The number of hydrogen-bond donors (Lipinski definition) is 3. The molecule has 0 aliphatic heterocycles. The zero-order valence-corrected chi connectivity index (χ0v) is 11.3. The van der Waals surface area contributed by atoms with Crippen LogP contribution < -0.4 is 5.32 Å². The first-order chi connectivity index (χ1) is 8.98. The zero-order chi connectivity index (χ0) is 13.9. The van der Waals surface area contributed by atoms with Crippen LogP contribution in [0.2, 0.25) is 0 Å². The number of hydrogen-bond acceptors (Lipinski definition) is 3. The average molecular weight is 263 g/mol. The summed E-state index contributed by atoms with van der Waals surface area (Å²) in [7, 11) is 0. The molecule has 1 amide bonds. The highest BCUT2D eigenvalue weighted by atomic mass is 16.3. The van der Waals surface area contributed by atoms with E-state index in [4.69, 9.17) is 0 Å². The summed E-state index contributed by atoms with van der Waals surface area (Å²) in [5.41, 5.74) is 0.496. The Balaban J connectivity index is 1.99. The Hall–Kier alpha value is -1.55. The van der Waals surface area contributed by atoms with Gasteiger partial charge in [0, 0.05) is 0 Å². The average Bonchev–Trinajstić information content (AvgIpc) is 2.34. The van der Waals surface area contributed by atoms with E-state index in [1.165, 1.54) is 0 Å². The van der Waals surface area contributed by atoms with Gasteiger partial charge in [-0.1, -0.05) is 25.3 Å². The van der Waals surface area contributed by atoms with Gasteiger partial charge in [-0.15, -0.1) is 0 Å². The maximum absolute atomic E-state index is 12.0. The summed E-state index contributed by atoms with van der Waals surface area (Å²) in [4.78, 5) is 12.0. The van der Waals surface area contributed by atoms with Gasteiger partial charge in [0.1, 0.15) is 5.75 Å². The third kappa shape index (κ3) is 3.70. The molecule has 0 heterocycles. The lowest BCUT2D eigenvalue weighted by atomic mass is 9.82. The molecular formula is C15H21NO3. The van der Waals surface area contributed by atoms with Crippen LogP contribution in [0.4, 0.5) is 5.69 Å². The van der Waals surface area contributed by atoms with Crippen LogP contribution in [-0.4, -0.2) is 21.7 Å². The number of nitrogens with one attached hydrogen (secondary N) is 1. The van der Waals surface area contributed by atoms with Gasteiger partial charge in [-0.25, -0.2) is 0 Å². The first-order valence-electron chi connectivity index (χ1n) is 6.80. The largest absolute Gasteiger partial charge is 0.506 e. The number of amides is 1. The molecule has 0 saturated heterocycles. The van der Waals surface area contributed by atoms with E-state index in [-0.39, 0.29) is 18.1 Å². The summed E-state index contributed by atoms with van der Waals surface area (Å²) in [6.07, 6.45) is 4.53. The van der Waals surface area contributed by atoms with Crippen molar-refractivity contribution in [3.8, 4) is 5.75 Å². The van der Waals surface area contributed by atoms with Crippen molar-refractivity contribution in [1.82, 2.24) is 0 Å². The van der Waals surface area contributed by atoms with E-state index in [0.717, 1.165) is 24.8 Å². The van der Waals surface area contributed by atoms with E-state index in [1.54, 1.807) is 18.2 Å². The maximum atomic E-state index is 12.0. The monoisotopic (exact) mass is 263 g/mol. The molecule has 0 spiro atoms. The first-order valence-corrected chi connectivity index (χ1v) is 6.80. The van der Waals surface area contributed by atoms with Crippen LogP contribution >= 0.6 is 0 Å². The number of carbonyl (C=O) groups excluding carboxylic acids is 1. The topological polar surface area (TPSA) is 69.6 Å². The van der Waals surface area contributed by atoms with Crippen molar-refractivity contribution in [3.05, 3.63) is 23.8 Å². The van der Waals surface area contributed by atoms with Crippen molar-refractivity contribution < 1.29 is 15.0 Å². The fraction of sp³-hybridized carbons (Fsp3) is 0.533. The summed E-state index contributed by atoms with van der Waals surface area (Å²) in [6.45, 7) is 1.89. The molecule has 1 fully saturated rings. The molecular weight excluding hydrogens is 242 g/mol. The minimum atomic E-state index is -0.873. The summed E-state index contributed by atoms with van der Waals surface area (Å²) in [6, 6.07) is 5.05. The van der Waals surface area contributed by atoms with E-state index in [9.17, 15) is 15.0 Å². The predicted octanol–water partition coefficient (Wildman–Crippen LogP) is 2.72. The molecule has 4 heteroatoms. The summed E-state index contributed by atoms with van der Waals surface area (Å²) < 4.78 is 0. The Morgan fingerprint density at radius 3 is 2.68 bits per heavy atom. The molecule has 19 heavy (non-hydrogen) atoms. The van der Waals surface area contributed by atoms with E-state index in [2.05, 4.69) is 5.32 Å². The van der Waals surface area contributed by atoms with E-state index >= 15 is 0 Å². The molecule has 0 unspecified atom stereocenters. The Morgan fingerprint density at radius 2 is 2.00 bits per heavy atom. The lowest BCUT2D eigenvalue weighted by molar-refractivity contribution is -0.122. The smallest absolute Gasteiger partial charge is 0.227 e. The fourth-order valence-electron chi connectivity index (χ4n) is 2.63. The highest BCUT2D eigenvalue weighted by Crippen LogP contribution is 2.31. The molecule has 0 aromatic heterocycles. The highest BCUT2D eigenvalue weighted by molar-refractivity contribution is 5.92. The number of phenols is 1. The lowest BCUT2D eigenvalue weighted by Crippen LogP contribution is -2.35. The van der Waals surface area contributed by atoms with Gasteiger partial charge >= 0.3 is 0 Å². The van der Waals surface area contributed by atoms with Gasteiger partial charge < -0.3 is 15.5 Å². The van der Waals surface area contributed by atoms with Crippen LogP contribution in [0.1, 0.15) is 44.1 Å². The molecule has 3 N–H and O–H groups in total. The third-order valence-corrected chi connectivity index (χ3v) is 3.70. The fourth-order valence-corrected chi connectivity index (χ4v) is 2.63.